The summed E-state index contributed by atoms with van der Waals surface area (Å²) in [6.07, 6.45) is 2.57. The molecular weight excluding hydrogens is 230 g/mol. The zero-order valence-electron chi connectivity index (χ0n) is 9.86. The van der Waals surface area contributed by atoms with Crippen LogP contribution in [0.15, 0.2) is 48.8 Å². The van der Waals surface area contributed by atoms with Crippen LogP contribution in [-0.4, -0.2) is 34.5 Å². The van der Waals surface area contributed by atoms with Crippen molar-refractivity contribution in [3.63, 3.8) is 0 Å². The number of ether oxygens (including phenoxy) is 1. The summed E-state index contributed by atoms with van der Waals surface area (Å²) in [5, 5.41) is 18.1. The number of hydrogen-bond acceptors (Lipinski definition) is 4. The molecule has 0 fully saturated rings. The van der Waals surface area contributed by atoms with E-state index in [2.05, 4.69) is 4.98 Å². The normalized spacial score (nSPS) is 12.1. The van der Waals surface area contributed by atoms with Crippen molar-refractivity contribution < 1.29 is 14.9 Å². The summed E-state index contributed by atoms with van der Waals surface area (Å²) >= 11 is 0. The highest BCUT2D eigenvalue weighted by Crippen LogP contribution is 2.29. The molecule has 0 spiro atoms. The number of benzene rings is 1. The van der Waals surface area contributed by atoms with Crippen LogP contribution in [0.1, 0.15) is 0 Å². The second-order valence-electron chi connectivity index (χ2n) is 3.88. The fourth-order valence-corrected chi connectivity index (χ4v) is 1.60. The van der Waals surface area contributed by atoms with Gasteiger partial charge in [-0.3, -0.25) is 4.98 Å². The Hall–Kier alpha value is -1.91. The average molecular weight is 245 g/mol. The van der Waals surface area contributed by atoms with Gasteiger partial charge in [-0.25, -0.2) is 0 Å². The van der Waals surface area contributed by atoms with Crippen molar-refractivity contribution in [2.75, 3.05) is 13.2 Å². The number of nitrogens with zero attached hydrogens (tertiary/aromatic N) is 1. The van der Waals surface area contributed by atoms with Gasteiger partial charge in [-0.05, 0) is 23.8 Å². The van der Waals surface area contributed by atoms with E-state index in [0.717, 1.165) is 11.1 Å². The van der Waals surface area contributed by atoms with Gasteiger partial charge in [0, 0.05) is 18.0 Å². The number of rotatable bonds is 5. The number of aromatic nitrogens is 1. The maximum absolute atomic E-state index is 9.30. The van der Waals surface area contributed by atoms with E-state index in [-0.39, 0.29) is 13.2 Å². The second kappa shape index (κ2) is 6.14. The van der Waals surface area contributed by atoms with Gasteiger partial charge in [0.1, 0.15) is 18.5 Å². The van der Waals surface area contributed by atoms with Gasteiger partial charge < -0.3 is 14.9 Å². The lowest BCUT2D eigenvalue weighted by molar-refractivity contribution is 0.0538. The molecule has 2 aromatic rings. The van der Waals surface area contributed by atoms with Gasteiger partial charge >= 0.3 is 0 Å². The van der Waals surface area contributed by atoms with E-state index in [1.807, 2.05) is 36.4 Å². The molecule has 1 atom stereocenters. The standard InChI is InChI=1S/C14H15NO3/c16-9-12(17)10-18-14-4-2-1-3-13(14)11-5-7-15-8-6-11/h1-8,12,16-17H,9-10H2. The predicted octanol–water partition coefficient (Wildman–Crippen LogP) is 1.48. The molecule has 0 aliphatic carbocycles. The van der Waals surface area contributed by atoms with Gasteiger partial charge in [0.05, 0.1) is 6.61 Å². The van der Waals surface area contributed by atoms with E-state index in [1.165, 1.54) is 0 Å². The van der Waals surface area contributed by atoms with Crippen LogP contribution in [-0.2, 0) is 0 Å². The van der Waals surface area contributed by atoms with Gasteiger partial charge in [-0.1, -0.05) is 18.2 Å². The number of hydrogen-bond donors (Lipinski definition) is 2. The van der Waals surface area contributed by atoms with Crippen LogP contribution in [0.3, 0.4) is 0 Å². The Morgan fingerprint density at radius 3 is 2.56 bits per heavy atom. The molecule has 0 radical (unpaired) electrons. The molecule has 2 N–H and O–H groups in total. The molecule has 1 unspecified atom stereocenters. The topological polar surface area (TPSA) is 62.6 Å². The van der Waals surface area contributed by atoms with E-state index < -0.39 is 6.10 Å². The first-order chi connectivity index (χ1) is 8.81. The Balaban J connectivity index is 2.21. The van der Waals surface area contributed by atoms with E-state index in [0.29, 0.717) is 5.75 Å². The summed E-state index contributed by atoms with van der Waals surface area (Å²) in [5.41, 5.74) is 1.93. The summed E-state index contributed by atoms with van der Waals surface area (Å²) < 4.78 is 5.51. The Labute approximate surface area is 106 Å². The van der Waals surface area contributed by atoms with Gasteiger partial charge in [-0.2, -0.15) is 0 Å². The third-order valence-electron chi connectivity index (χ3n) is 2.52. The Bertz CT molecular complexity index is 487. The largest absolute Gasteiger partial charge is 0.490 e. The zero-order valence-corrected chi connectivity index (χ0v) is 9.86. The van der Waals surface area contributed by atoms with Gasteiger partial charge in [0.2, 0.25) is 0 Å². The van der Waals surface area contributed by atoms with E-state index in [4.69, 9.17) is 9.84 Å². The second-order valence-corrected chi connectivity index (χ2v) is 3.88. The van der Waals surface area contributed by atoms with Crippen molar-refractivity contribution in [3.05, 3.63) is 48.8 Å². The fourth-order valence-electron chi connectivity index (χ4n) is 1.60. The van der Waals surface area contributed by atoms with Crippen LogP contribution in [0.25, 0.3) is 11.1 Å². The van der Waals surface area contributed by atoms with Crippen molar-refractivity contribution in [2.24, 2.45) is 0 Å². The first-order valence-electron chi connectivity index (χ1n) is 5.72. The minimum Gasteiger partial charge on any atom is -0.490 e. The maximum atomic E-state index is 9.30. The Morgan fingerprint density at radius 2 is 1.83 bits per heavy atom. The van der Waals surface area contributed by atoms with E-state index in [9.17, 15) is 5.11 Å². The number of pyridine rings is 1. The summed E-state index contributed by atoms with van der Waals surface area (Å²) in [6.45, 7) is -0.240. The number of para-hydroxylation sites is 1. The molecule has 1 heterocycles. The molecule has 18 heavy (non-hydrogen) atoms. The van der Waals surface area contributed by atoms with Gasteiger partial charge in [0.15, 0.2) is 0 Å². The minimum absolute atomic E-state index is 0.0681. The van der Waals surface area contributed by atoms with Crippen LogP contribution in [0.4, 0.5) is 0 Å². The van der Waals surface area contributed by atoms with Crippen molar-refractivity contribution in [1.82, 2.24) is 4.98 Å². The Morgan fingerprint density at radius 1 is 1.11 bits per heavy atom. The third kappa shape index (κ3) is 3.06. The quantitative estimate of drug-likeness (QED) is 0.837. The molecule has 4 nitrogen and oxygen atoms in total. The number of aliphatic hydroxyl groups excluding tert-OH is 2. The molecule has 0 aliphatic rings. The van der Waals surface area contributed by atoms with Crippen molar-refractivity contribution >= 4 is 0 Å². The monoisotopic (exact) mass is 245 g/mol. The van der Waals surface area contributed by atoms with Crippen LogP contribution in [0.2, 0.25) is 0 Å². The summed E-state index contributed by atoms with van der Waals surface area (Å²) in [7, 11) is 0. The minimum atomic E-state index is -0.865. The van der Waals surface area contributed by atoms with Crippen molar-refractivity contribution in [3.8, 4) is 16.9 Å². The summed E-state index contributed by atoms with van der Waals surface area (Å²) in [6, 6.07) is 11.3. The average Bonchev–Trinajstić information content (AvgIpc) is 2.46. The number of aliphatic hydroxyl groups is 2. The van der Waals surface area contributed by atoms with Gasteiger partial charge in [0.25, 0.3) is 0 Å². The summed E-state index contributed by atoms with van der Waals surface area (Å²) in [4.78, 5) is 3.97. The molecule has 4 heteroatoms. The van der Waals surface area contributed by atoms with Gasteiger partial charge in [-0.15, -0.1) is 0 Å². The Kier molecular flexibility index (Phi) is 4.28. The van der Waals surface area contributed by atoms with E-state index in [1.54, 1.807) is 12.4 Å². The predicted molar refractivity (Wildman–Crippen MR) is 68.3 cm³/mol. The highest BCUT2D eigenvalue weighted by molar-refractivity contribution is 5.69. The zero-order chi connectivity index (χ0) is 12.8. The molecule has 2 rings (SSSR count). The van der Waals surface area contributed by atoms with Crippen molar-refractivity contribution in [2.45, 2.75) is 6.10 Å². The molecule has 0 saturated heterocycles. The molecule has 94 valence electrons. The lowest BCUT2D eigenvalue weighted by Crippen LogP contribution is -2.21. The van der Waals surface area contributed by atoms with Crippen molar-refractivity contribution in [1.29, 1.82) is 0 Å². The molecule has 1 aromatic carbocycles. The lowest BCUT2D eigenvalue weighted by atomic mass is 10.1. The molecule has 0 bridgehead atoms. The third-order valence-corrected chi connectivity index (χ3v) is 2.52. The maximum Gasteiger partial charge on any atom is 0.127 e. The summed E-state index contributed by atoms with van der Waals surface area (Å²) in [5.74, 6) is 0.677. The molecule has 0 saturated carbocycles. The van der Waals surface area contributed by atoms with Crippen LogP contribution in [0, 0.1) is 0 Å². The van der Waals surface area contributed by atoms with Crippen LogP contribution in [0.5, 0.6) is 5.75 Å². The highest BCUT2D eigenvalue weighted by atomic mass is 16.5. The molecular formula is C14H15NO3. The van der Waals surface area contributed by atoms with Crippen LogP contribution < -0.4 is 4.74 Å². The molecule has 0 aliphatic heterocycles. The molecule has 1 aromatic heterocycles. The molecule has 0 amide bonds. The first kappa shape index (κ1) is 12.5. The highest BCUT2D eigenvalue weighted by Gasteiger charge is 2.08. The van der Waals surface area contributed by atoms with E-state index >= 15 is 0 Å². The first-order valence-corrected chi connectivity index (χ1v) is 5.72. The smallest absolute Gasteiger partial charge is 0.127 e. The SMILES string of the molecule is OCC(O)COc1ccccc1-c1ccncc1. The van der Waals surface area contributed by atoms with Crippen LogP contribution >= 0.6 is 0 Å². The lowest BCUT2D eigenvalue weighted by Gasteiger charge is -2.13. The fraction of sp³-hybridized carbons (Fsp3) is 0.214.